The van der Waals surface area contributed by atoms with Gasteiger partial charge in [0.1, 0.15) is 11.1 Å². The van der Waals surface area contributed by atoms with Crippen LogP contribution >= 0.6 is 11.3 Å². The Hall–Kier alpha value is -1.78. The van der Waals surface area contributed by atoms with E-state index in [9.17, 15) is 18.0 Å². The van der Waals surface area contributed by atoms with Crippen LogP contribution in [0.3, 0.4) is 0 Å². The van der Waals surface area contributed by atoms with Crippen molar-refractivity contribution in [3.05, 3.63) is 28.1 Å². The molecule has 1 aliphatic rings. The van der Waals surface area contributed by atoms with Crippen LogP contribution in [0.1, 0.15) is 34.9 Å². The molecule has 0 radical (unpaired) electrons. The molecule has 2 heterocycles. The van der Waals surface area contributed by atoms with Crippen LogP contribution in [0, 0.1) is 0 Å². The van der Waals surface area contributed by atoms with Gasteiger partial charge in [0.15, 0.2) is 15.5 Å². The van der Waals surface area contributed by atoms with Gasteiger partial charge >= 0.3 is 5.97 Å². The van der Waals surface area contributed by atoms with Crippen molar-refractivity contribution in [3.63, 3.8) is 0 Å². The average Bonchev–Trinajstić information content (AvgIpc) is 3.10. The van der Waals surface area contributed by atoms with E-state index in [4.69, 9.17) is 9.47 Å². The third-order valence-corrected chi connectivity index (χ3v) is 5.77. The summed E-state index contributed by atoms with van der Waals surface area (Å²) >= 11 is 1.26. The van der Waals surface area contributed by atoms with E-state index in [1.54, 1.807) is 17.2 Å². The molecule has 1 saturated heterocycles. The van der Waals surface area contributed by atoms with E-state index in [1.165, 1.54) is 11.3 Å². The molecule has 0 aromatic carbocycles. The Morgan fingerprint density at radius 3 is 3.00 bits per heavy atom. The Bertz CT molecular complexity index is 743. The number of carbonyl (C=O) groups excluding carboxylic acids is 2. The fourth-order valence-corrected chi connectivity index (χ4v) is 3.68. The van der Waals surface area contributed by atoms with Crippen molar-refractivity contribution in [3.8, 4) is 0 Å². The van der Waals surface area contributed by atoms with E-state index in [2.05, 4.69) is 11.6 Å². The van der Waals surface area contributed by atoms with Crippen LogP contribution in [-0.4, -0.2) is 62.2 Å². The highest BCUT2D eigenvalue weighted by Crippen LogP contribution is 2.26. The topological polar surface area (TPSA) is 103 Å². The molecule has 138 valence electrons. The van der Waals surface area contributed by atoms with Crippen molar-refractivity contribution in [2.75, 3.05) is 32.1 Å². The smallest absolute Gasteiger partial charge is 0.357 e. The second-order valence-corrected chi connectivity index (χ2v) is 8.23. The van der Waals surface area contributed by atoms with Gasteiger partial charge in [0.05, 0.1) is 25.5 Å². The van der Waals surface area contributed by atoms with E-state index >= 15 is 0 Å². The predicted octanol–water partition coefficient (Wildman–Crippen LogP) is 1.17. The molecule has 1 aromatic rings. The van der Waals surface area contributed by atoms with E-state index in [1.807, 2.05) is 0 Å². The van der Waals surface area contributed by atoms with Crippen LogP contribution in [-0.2, 0) is 24.1 Å². The molecule has 1 aliphatic heterocycles. The average molecular weight is 388 g/mol. The lowest BCUT2D eigenvalue weighted by atomic mass is 10.2. The van der Waals surface area contributed by atoms with Gasteiger partial charge in [-0.15, -0.1) is 11.3 Å². The molecule has 2 rings (SSSR count). The van der Waals surface area contributed by atoms with Gasteiger partial charge in [0, 0.05) is 23.8 Å². The second kappa shape index (κ2) is 8.54. The lowest BCUT2D eigenvalue weighted by Gasteiger charge is -2.32. The molecule has 25 heavy (non-hydrogen) atoms. The first-order valence-corrected chi connectivity index (χ1v) is 10.3. The zero-order chi connectivity index (χ0) is 18.4. The molecule has 1 fully saturated rings. The second-order valence-electron chi connectivity index (χ2n) is 5.27. The molecule has 0 aliphatic carbocycles. The Morgan fingerprint density at radius 2 is 2.32 bits per heavy atom. The Morgan fingerprint density at radius 1 is 1.56 bits per heavy atom. The summed E-state index contributed by atoms with van der Waals surface area (Å²) in [5.74, 6) is -1.02. The van der Waals surface area contributed by atoms with E-state index in [-0.39, 0.29) is 36.9 Å². The first-order chi connectivity index (χ1) is 11.9. The number of nitrogens with zero attached hydrogens (tertiary/aromatic N) is 2. The minimum Gasteiger partial charge on any atom is -0.461 e. The first kappa shape index (κ1) is 19.5. The Balaban J connectivity index is 1.97. The van der Waals surface area contributed by atoms with Crippen molar-refractivity contribution in [1.82, 2.24) is 9.88 Å². The molecule has 0 spiro atoms. The summed E-state index contributed by atoms with van der Waals surface area (Å²) in [6, 6.07) is 0. The molecule has 1 amide bonds. The maximum atomic E-state index is 12.2. The summed E-state index contributed by atoms with van der Waals surface area (Å²) in [4.78, 5) is 29.7. The van der Waals surface area contributed by atoms with Crippen molar-refractivity contribution in [2.45, 2.75) is 19.4 Å². The SMILES string of the molecule is C=CS(=O)(=O)CCC(=O)N1CCOC(c2nc(C(=O)OCC)cs2)C1. The Labute approximate surface area is 150 Å². The van der Waals surface area contributed by atoms with Crippen LogP contribution in [0.2, 0.25) is 0 Å². The third kappa shape index (κ3) is 5.35. The summed E-state index contributed by atoms with van der Waals surface area (Å²) in [7, 11) is -3.41. The van der Waals surface area contributed by atoms with Crippen LogP contribution in [0.4, 0.5) is 0 Å². The Kier molecular flexibility index (Phi) is 6.68. The number of aromatic nitrogens is 1. The molecular formula is C15H20N2O6S2. The molecule has 1 atom stereocenters. The van der Waals surface area contributed by atoms with E-state index in [0.717, 1.165) is 5.41 Å². The van der Waals surface area contributed by atoms with Crippen LogP contribution in [0.5, 0.6) is 0 Å². The molecule has 10 heteroatoms. The summed E-state index contributed by atoms with van der Waals surface area (Å²) in [5.41, 5.74) is 0.214. The highest BCUT2D eigenvalue weighted by Gasteiger charge is 2.28. The van der Waals surface area contributed by atoms with Crippen LogP contribution in [0.25, 0.3) is 0 Å². The zero-order valence-electron chi connectivity index (χ0n) is 13.8. The number of thiazole rings is 1. The van der Waals surface area contributed by atoms with Gasteiger partial charge in [-0.05, 0) is 6.92 Å². The number of amides is 1. The zero-order valence-corrected chi connectivity index (χ0v) is 15.5. The molecule has 1 aromatic heterocycles. The summed E-state index contributed by atoms with van der Waals surface area (Å²) < 4.78 is 33.4. The van der Waals surface area contributed by atoms with Gasteiger partial charge in [-0.1, -0.05) is 6.58 Å². The monoisotopic (exact) mass is 388 g/mol. The lowest BCUT2D eigenvalue weighted by Crippen LogP contribution is -2.42. The number of ether oxygens (including phenoxy) is 2. The van der Waals surface area contributed by atoms with Crippen molar-refractivity contribution in [2.24, 2.45) is 0 Å². The highest BCUT2D eigenvalue weighted by molar-refractivity contribution is 7.94. The van der Waals surface area contributed by atoms with Gasteiger partial charge in [0.25, 0.3) is 0 Å². The number of sulfone groups is 1. The van der Waals surface area contributed by atoms with Gasteiger partial charge in [-0.3, -0.25) is 4.79 Å². The molecule has 0 bridgehead atoms. The molecule has 8 nitrogen and oxygen atoms in total. The molecule has 0 N–H and O–H groups in total. The van der Waals surface area contributed by atoms with Crippen molar-refractivity contribution in [1.29, 1.82) is 0 Å². The van der Waals surface area contributed by atoms with Gasteiger partial charge in [-0.2, -0.15) is 0 Å². The third-order valence-electron chi connectivity index (χ3n) is 3.56. The molecule has 0 saturated carbocycles. The minimum absolute atomic E-state index is 0.104. The van der Waals surface area contributed by atoms with Gasteiger partial charge < -0.3 is 14.4 Å². The van der Waals surface area contributed by atoms with Gasteiger partial charge in [-0.25, -0.2) is 18.2 Å². The standard InChI is InChI=1S/C15H20N2O6S2/c1-3-22-15(19)11-10-24-14(16-11)12-9-17(6-7-23-12)13(18)5-8-25(20,21)4-2/h4,10,12H,2-3,5-9H2,1H3. The van der Waals surface area contributed by atoms with E-state index in [0.29, 0.717) is 18.2 Å². The maximum Gasteiger partial charge on any atom is 0.357 e. The quantitative estimate of drug-likeness (QED) is 0.646. The predicted molar refractivity (Wildman–Crippen MR) is 91.9 cm³/mol. The lowest BCUT2D eigenvalue weighted by molar-refractivity contribution is -0.138. The number of hydrogen-bond donors (Lipinski definition) is 0. The molecule has 1 unspecified atom stereocenters. The number of hydrogen-bond acceptors (Lipinski definition) is 8. The fraction of sp³-hybridized carbons (Fsp3) is 0.533. The first-order valence-electron chi connectivity index (χ1n) is 7.73. The fourth-order valence-electron chi connectivity index (χ4n) is 2.23. The van der Waals surface area contributed by atoms with Gasteiger partial charge in [0.2, 0.25) is 5.91 Å². The number of carbonyl (C=O) groups is 2. The summed E-state index contributed by atoms with van der Waals surface area (Å²) in [6.07, 6.45) is -0.547. The van der Waals surface area contributed by atoms with Crippen LogP contribution in [0.15, 0.2) is 17.4 Å². The van der Waals surface area contributed by atoms with E-state index < -0.39 is 21.9 Å². The number of esters is 1. The molecular weight excluding hydrogens is 368 g/mol. The largest absolute Gasteiger partial charge is 0.461 e. The summed E-state index contributed by atoms with van der Waals surface area (Å²) in [6.45, 7) is 6.18. The van der Waals surface area contributed by atoms with Crippen molar-refractivity contribution >= 4 is 33.1 Å². The van der Waals surface area contributed by atoms with Crippen molar-refractivity contribution < 1.29 is 27.5 Å². The highest BCUT2D eigenvalue weighted by atomic mass is 32.2. The maximum absolute atomic E-state index is 12.2. The summed E-state index contributed by atoms with van der Waals surface area (Å²) in [5, 5.41) is 3.03. The van der Waals surface area contributed by atoms with Crippen LogP contribution < -0.4 is 0 Å². The minimum atomic E-state index is -3.41. The normalized spacial score (nSPS) is 18.0. The number of morpholine rings is 1. The number of rotatable bonds is 7.